The number of allylic oxidation sites excluding steroid dienone is 2. The highest BCUT2D eigenvalue weighted by Gasteiger charge is 2.41. The second-order valence-corrected chi connectivity index (χ2v) is 16.0. The van der Waals surface area contributed by atoms with Gasteiger partial charge in [-0.3, -0.25) is 4.79 Å². The monoisotopic (exact) mass is 689 g/mol. The van der Waals surface area contributed by atoms with E-state index in [1.165, 1.54) is 69.8 Å². The Morgan fingerprint density at radius 1 is 0.740 bits per heavy atom. The molecule has 6 fully saturated rings. The van der Waals surface area contributed by atoms with Crippen LogP contribution >= 0.6 is 0 Å². The van der Waals surface area contributed by atoms with Crippen LogP contribution in [-0.2, 0) is 14.3 Å². The Bertz CT molecular complexity index is 1340. The summed E-state index contributed by atoms with van der Waals surface area (Å²) >= 11 is 0. The molecule has 50 heavy (non-hydrogen) atoms. The second-order valence-electron chi connectivity index (χ2n) is 16.0. The van der Waals surface area contributed by atoms with Crippen LogP contribution in [0.3, 0.4) is 0 Å². The molecule has 2 saturated heterocycles. The first kappa shape index (κ1) is 37.0. The predicted octanol–water partition coefficient (Wildman–Crippen LogP) is 10.0. The van der Waals surface area contributed by atoms with Crippen molar-refractivity contribution in [1.82, 2.24) is 4.90 Å². The molecule has 7 nitrogen and oxygen atoms in total. The van der Waals surface area contributed by atoms with E-state index in [0.717, 1.165) is 85.4 Å². The van der Waals surface area contributed by atoms with Crippen molar-refractivity contribution in [3.8, 4) is 11.5 Å². The first-order valence-corrected chi connectivity index (χ1v) is 20.4. The van der Waals surface area contributed by atoms with Crippen LogP contribution in [0, 0.1) is 35.5 Å². The topological polar surface area (TPSA) is 77.6 Å². The predicted molar refractivity (Wildman–Crippen MR) is 197 cm³/mol. The maximum Gasteiger partial charge on any atom is 0.336 e. The van der Waals surface area contributed by atoms with Crippen molar-refractivity contribution in [2.75, 3.05) is 26.3 Å². The van der Waals surface area contributed by atoms with Gasteiger partial charge in [0.15, 0.2) is 5.76 Å². The van der Waals surface area contributed by atoms with Crippen molar-refractivity contribution in [2.45, 2.75) is 137 Å². The van der Waals surface area contributed by atoms with E-state index in [4.69, 9.17) is 18.9 Å². The standard InChI is InChI=1S/C41H57NO6.C2H6/c1-27-3-9-30(10-4-27)32-13-7-29(8-14-32)25-38(43)47-37-20-19-35(26-36(37)40(44)42-21-23-45-24-22-42)46-41-39(48-41)34-17-15-33(16-18-34)31-11-5-28(2)6-12-31;1-2/h19-20,25-28,30-33,41H,3-18,21-24H2,1-2H3;1-2H3. The smallest absolute Gasteiger partial charge is 0.336 e. The van der Waals surface area contributed by atoms with Crippen LogP contribution in [0.2, 0.25) is 0 Å². The molecule has 0 spiro atoms. The van der Waals surface area contributed by atoms with Gasteiger partial charge in [0.05, 0.1) is 18.8 Å². The average Bonchev–Trinajstić information content (AvgIpc) is 3.93. The largest absolute Gasteiger partial charge is 0.448 e. The number of morpholine rings is 1. The summed E-state index contributed by atoms with van der Waals surface area (Å²) in [6.45, 7) is 10.8. The van der Waals surface area contributed by atoms with Gasteiger partial charge in [-0.15, -0.1) is 0 Å². The van der Waals surface area contributed by atoms with E-state index >= 15 is 0 Å². The van der Waals surface area contributed by atoms with Crippen LogP contribution in [0.25, 0.3) is 0 Å². The van der Waals surface area contributed by atoms with Gasteiger partial charge in [-0.2, -0.15) is 0 Å². The number of esters is 1. The molecule has 1 amide bonds. The number of nitrogens with zero attached hydrogens (tertiary/aromatic N) is 1. The zero-order chi connectivity index (χ0) is 35.0. The summed E-state index contributed by atoms with van der Waals surface area (Å²) in [5.74, 6) is 6.36. The highest BCUT2D eigenvalue weighted by atomic mass is 16.8. The Kier molecular flexibility index (Phi) is 13.0. The summed E-state index contributed by atoms with van der Waals surface area (Å²) in [6, 6.07) is 5.20. The third kappa shape index (κ3) is 9.54. The normalized spacial score (nSPS) is 31.5. The fraction of sp³-hybridized carbons (Fsp3) is 0.721. The van der Waals surface area contributed by atoms with Crippen LogP contribution < -0.4 is 9.47 Å². The first-order chi connectivity index (χ1) is 24.4. The number of epoxide rings is 1. The lowest BCUT2D eigenvalue weighted by Gasteiger charge is -2.35. The van der Waals surface area contributed by atoms with Crippen molar-refractivity contribution in [1.29, 1.82) is 0 Å². The minimum absolute atomic E-state index is 0.174. The molecule has 1 unspecified atom stereocenters. The van der Waals surface area contributed by atoms with Crippen molar-refractivity contribution >= 4 is 11.9 Å². The maximum absolute atomic E-state index is 13.7. The lowest BCUT2D eigenvalue weighted by molar-refractivity contribution is -0.129. The summed E-state index contributed by atoms with van der Waals surface area (Å²) in [5.41, 5.74) is 2.90. The molecule has 2 heterocycles. The van der Waals surface area contributed by atoms with E-state index in [1.807, 2.05) is 13.8 Å². The SMILES string of the molecule is CC.CC1CCC(C2CCC(=CC(=O)Oc3ccc(OC4OC4=C4CCC(C5CCC(C)CC5)CC4)cc3C(=O)N3CCOCC3)CC2)CC1. The van der Waals surface area contributed by atoms with E-state index in [9.17, 15) is 9.59 Å². The summed E-state index contributed by atoms with van der Waals surface area (Å²) in [6.07, 6.45) is 21.2. The van der Waals surface area contributed by atoms with Crippen molar-refractivity contribution < 1.29 is 28.5 Å². The van der Waals surface area contributed by atoms with Crippen molar-refractivity contribution in [3.63, 3.8) is 0 Å². The third-order valence-corrected chi connectivity index (χ3v) is 12.8. The molecule has 2 aliphatic heterocycles. The van der Waals surface area contributed by atoms with Crippen LogP contribution in [0.4, 0.5) is 0 Å². The second kappa shape index (κ2) is 17.6. The Morgan fingerprint density at radius 3 is 1.86 bits per heavy atom. The molecule has 7 heteroatoms. The van der Waals surface area contributed by atoms with E-state index in [1.54, 1.807) is 29.2 Å². The van der Waals surface area contributed by atoms with Gasteiger partial charge >= 0.3 is 5.97 Å². The Morgan fingerprint density at radius 2 is 1.28 bits per heavy atom. The van der Waals surface area contributed by atoms with Gasteiger partial charge < -0.3 is 23.8 Å². The number of carbonyl (C=O) groups excluding carboxylic acids is 2. The number of hydrogen-bond donors (Lipinski definition) is 0. The Hall–Kier alpha value is -2.80. The van der Waals surface area contributed by atoms with Gasteiger partial charge in [-0.1, -0.05) is 59.0 Å². The molecule has 0 aromatic heterocycles. The number of ether oxygens (including phenoxy) is 4. The van der Waals surface area contributed by atoms with E-state index in [-0.39, 0.29) is 11.7 Å². The summed E-state index contributed by atoms with van der Waals surface area (Å²) < 4.78 is 23.6. The van der Waals surface area contributed by atoms with Gasteiger partial charge in [0, 0.05) is 19.2 Å². The lowest BCUT2D eigenvalue weighted by atomic mass is 9.70. The molecule has 1 aromatic carbocycles. The lowest BCUT2D eigenvalue weighted by Crippen LogP contribution is -2.40. The fourth-order valence-electron chi connectivity index (χ4n) is 9.46. The quantitative estimate of drug-likeness (QED) is 0.123. The van der Waals surface area contributed by atoms with Crippen molar-refractivity contribution in [2.24, 2.45) is 35.5 Å². The molecule has 276 valence electrons. The number of hydrogen-bond acceptors (Lipinski definition) is 6. The minimum Gasteiger partial charge on any atom is -0.448 e. The number of carbonyl (C=O) groups is 2. The molecule has 6 aliphatic rings. The third-order valence-electron chi connectivity index (χ3n) is 12.8. The molecule has 4 aliphatic carbocycles. The molecule has 4 saturated carbocycles. The van der Waals surface area contributed by atoms with Crippen LogP contribution in [0.1, 0.15) is 141 Å². The highest BCUT2D eigenvalue weighted by Crippen LogP contribution is 2.45. The zero-order valence-corrected chi connectivity index (χ0v) is 31.4. The van der Waals surface area contributed by atoms with Crippen LogP contribution in [-0.4, -0.2) is 49.4 Å². The van der Waals surface area contributed by atoms with Gasteiger partial charge in [0.1, 0.15) is 11.5 Å². The van der Waals surface area contributed by atoms with Crippen LogP contribution in [0.5, 0.6) is 11.5 Å². The highest BCUT2D eigenvalue weighted by molar-refractivity contribution is 5.98. The summed E-state index contributed by atoms with van der Waals surface area (Å²) in [4.78, 5) is 28.7. The number of benzene rings is 1. The zero-order valence-electron chi connectivity index (χ0n) is 31.4. The van der Waals surface area contributed by atoms with Gasteiger partial charge in [-0.05, 0) is 136 Å². The molecular weight excluding hydrogens is 626 g/mol. The molecule has 0 bridgehead atoms. The van der Waals surface area contributed by atoms with Crippen molar-refractivity contribution in [3.05, 3.63) is 46.7 Å². The summed E-state index contributed by atoms with van der Waals surface area (Å²) in [5, 5.41) is 0. The van der Waals surface area contributed by atoms with Gasteiger partial charge in [0.25, 0.3) is 12.2 Å². The van der Waals surface area contributed by atoms with Gasteiger partial charge in [0.2, 0.25) is 0 Å². The molecule has 1 aromatic rings. The van der Waals surface area contributed by atoms with E-state index < -0.39 is 12.3 Å². The number of amides is 1. The Labute approximate surface area is 301 Å². The molecule has 1 atom stereocenters. The minimum atomic E-state index is -0.407. The number of rotatable bonds is 7. The van der Waals surface area contributed by atoms with Crippen LogP contribution in [0.15, 0.2) is 41.2 Å². The van der Waals surface area contributed by atoms with E-state index in [0.29, 0.717) is 37.6 Å². The molecule has 7 rings (SSSR count). The van der Waals surface area contributed by atoms with E-state index in [2.05, 4.69) is 13.8 Å². The maximum atomic E-state index is 13.7. The molecule has 0 N–H and O–H groups in total. The average molecular weight is 690 g/mol. The summed E-state index contributed by atoms with van der Waals surface area (Å²) in [7, 11) is 0. The molecular formula is C43H63NO6. The Balaban J connectivity index is 0.00000212. The first-order valence-electron chi connectivity index (χ1n) is 20.4. The fourth-order valence-corrected chi connectivity index (χ4v) is 9.46. The van der Waals surface area contributed by atoms with Gasteiger partial charge in [-0.25, -0.2) is 4.79 Å². The molecule has 0 radical (unpaired) electrons.